The summed E-state index contributed by atoms with van der Waals surface area (Å²) < 4.78 is 0. The molecule has 1 aliphatic rings. The number of urea groups is 1. The van der Waals surface area contributed by atoms with Crippen LogP contribution in [0.25, 0.3) is 0 Å². The lowest BCUT2D eigenvalue weighted by molar-refractivity contribution is 0.210. The molecule has 5 nitrogen and oxygen atoms in total. The molecular weight excluding hydrogens is 264 g/mol. The minimum Gasteiger partial charge on any atom is -0.373 e. The molecule has 0 spiro atoms. The number of pyridine rings is 1. The maximum absolute atomic E-state index is 12.4. The summed E-state index contributed by atoms with van der Waals surface area (Å²) in [4.78, 5) is 20.3. The normalized spacial score (nSPS) is 14.1. The smallest absolute Gasteiger partial charge is 0.324 e. The van der Waals surface area contributed by atoms with E-state index in [-0.39, 0.29) is 6.03 Å². The number of nitrogens with zero attached hydrogens (tertiary/aromatic N) is 3. The van der Waals surface area contributed by atoms with Crippen molar-refractivity contribution in [3.8, 4) is 0 Å². The number of hydrogen-bond acceptors (Lipinski definition) is 3. The highest BCUT2D eigenvalue weighted by atomic mass is 16.2. The first-order valence-electron chi connectivity index (χ1n) is 6.92. The van der Waals surface area contributed by atoms with Gasteiger partial charge in [-0.2, -0.15) is 0 Å². The summed E-state index contributed by atoms with van der Waals surface area (Å²) in [6.45, 7) is 1.18. The third kappa shape index (κ3) is 2.54. The Morgan fingerprint density at radius 2 is 2.05 bits per heavy atom. The summed E-state index contributed by atoms with van der Waals surface area (Å²) in [5.74, 6) is 0.821. The first-order chi connectivity index (χ1) is 10.2. The quantitative estimate of drug-likeness (QED) is 0.941. The number of para-hydroxylation sites is 1. The van der Waals surface area contributed by atoms with Crippen LogP contribution in [0, 0.1) is 0 Å². The molecule has 21 heavy (non-hydrogen) atoms. The third-order valence-electron chi connectivity index (χ3n) is 3.67. The van der Waals surface area contributed by atoms with Gasteiger partial charge in [0.25, 0.3) is 0 Å². The van der Waals surface area contributed by atoms with Crippen LogP contribution in [0.5, 0.6) is 0 Å². The van der Waals surface area contributed by atoms with Crippen molar-refractivity contribution < 1.29 is 4.79 Å². The zero-order valence-electron chi connectivity index (χ0n) is 12.2. The molecule has 5 heteroatoms. The second-order valence-electron chi connectivity index (χ2n) is 5.16. The van der Waals surface area contributed by atoms with Crippen molar-refractivity contribution >= 4 is 17.5 Å². The molecule has 1 N–H and O–H groups in total. The van der Waals surface area contributed by atoms with Gasteiger partial charge >= 0.3 is 6.03 Å². The summed E-state index contributed by atoms with van der Waals surface area (Å²) in [5, 5.41) is 2.99. The first kappa shape index (κ1) is 13.4. The molecule has 108 valence electrons. The Bertz CT molecular complexity index is 654. The van der Waals surface area contributed by atoms with E-state index in [0.29, 0.717) is 13.1 Å². The molecule has 3 rings (SSSR count). The van der Waals surface area contributed by atoms with E-state index in [1.807, 2.05) is 44.4 Å². The van der Waals surface area contributed by atoms with Crippen molar-refractivity contribution in [2.75, 3.05) is 24.3 Å². The van der Waals surface area contributed by atoms with Gasteiger partial charge in [0.2, 0.25) is 0 Å². The topological polar surface area (TPSA) is 48.5 Å². The predicted octanol–water partition coefficient (Wildman–Crippen LogP) is 2.70. The second kappa shape index (κ2) is 5.44. The average molecular weight is 282 g/mol. The SMILES string of the molecule is CNc1ccc(CN2C(=O)N(C)Cc3ccccc32)cn1. The molecule has 1 aliphatic heterocycles. The van der Waals surface area contributed by atoms with Crippen LogP contribution in [0.2, 0.25) is 0 Å². The number of carbonyl (C=O) groups excluding carboxylic acids is 1. The van der Waals surface area contributed by atoms with Crippen molar-refractivity contribution in [1.82, 2.24) is 9.88 Å². The number of anilines is 2. The van der Waals surface area contributed by atoms with Crippen molar-refractivity contribution in [3.05, 3.63) is 53.7 Å². The Morgan fingerprint density at radius 1 is 1.24 bits per heavy atom. The highest BCUT2D eigenvalue weighted by Gasteiger charge is 2.27. The van der Waals surface area contributed by atoms with Crippen molar-refractivity contribution in [1.29, 1.82) is 0 Å². The molecule has 0 bridgehead atoms. The second-order valence-corrected chi connectivity index (χ2v) is 5.16. The Morgan fingerprint density at radius 3 is 2.76 bits per heavy atom. The minimum absolute atomic E-state index is 0.0198. The van der Waals surface area contributed by atoms with Crippen LogP contribution >= 0.6 is 0 Å². The number of fused-ring (bicyclic) bond motifs is 1. The van der Waals surface area contributed by atoms with E-state index < -0.39 is 0 Å². The van der Waals surface area contributed by atoms with Gasteiger partial charge in [0.1, 0.15) is 5.82 Å². The number of nitrogens with one attached hydrogen (secondary N) is 1. The molecule has 1 aromatic carbocycles. The summed E-state index contributed by atoms with van der Waals surface area (Å²) in [5.41, 5.74) is 3.16. The van der Waals surface area contributed by atoms with Crippen LogP contribution < -0.4 is 10.2 Å². The molecule has 0 saturated heterocycles. The number of hydrogen-bond donors (Lipinski definition) is 1. The molecule has 0 radical (unpaired) electrons. The number of benzene rings is 1. The molecule has 1 aromatic heterocycles. The molecule has 2 aromatic rings. The monoisotopic (exact) mass is 282 g/mol. The highest BCUT2D eigenvalue weighted by Crippen LogP contribution is 2.29. The van der Waals surface area contributed by atoms with Gasteiger partial charge in [-0.25, -0.2) is 9.78 Å². The third-order valence-corrected chi connectivity index (χ3v) is 3.67. The van der Waals surface area contributed by atoms with Crippen LogP contribution in [0.1, 0.15) is 11.1 Å². The van der Waals surface area contributed by atoms with E-state index >= 15 is 0 Å². The van der Waals surface area contributed by atoms with Gasteiger partial charge in [0.15, 0.2) is 0 Å². The largest absolute Gasteiger partial charge is 0.373 e. The van der Waals surface area contributed by atoms with Gasteiger partial charge in [0, 0.05) is 26.8 Å². The zero-order chi connectivity index (χ0) is 14.8. The number of carbonyl (C=O) groups is 1. The minimum atomic E-state index is 0.0198. The van der Waals surface area contributed by atoms with Crippen LogP contribution in [-0.4, -0.2) is 30.0 Å². The summed E-state index contributed by atoms with van der Waals surface area (Å²) in [6, 6.07) is 12.0. The lowest BCUT2D eigenvalue weighted by Crippen LogP contribution is -2.44. The van der Waals surface area contributed by atoms with E-state index in [0.717, 1.165) is 17.1 Å². The fourth-order valence-corrected chi connectivity index (χ4v) is 2.54. The van der Waals surface area contributed by atoms with Crippen molar-refractivity contribution in [2.45, 2.75) is 13.1 Å². The fraction of sp³-hybridized carbons (Fsp3) is 0.250. The molecule has 0 fully saturated rings. The number of amides is 2. The summed E-state index contributed by atoms with van der Waals surface area (Å²) >= 11 is 0. The summed E-state index contributed by atoms with van der Waals surface area (Å²) in [7, 11) is 3.66. The Labute approximate surface area is 124 Å². The Balaban J connectivity index is 1.90. The predicted molar refractivity (Wildman–Crippen MR) is 83.3 cm³/mol. The number of rotatable bonds is 3. The van der Waals surface area contributed by atoms with E-state index in [1.165, 1.54) is 5.56 Å². The molecule has 0 atom stereocenters. The fourth-order valence-electron chi connectivity index (χ4n) is 2.54. The molecule has 0 unspecified atom stereocenters. The van der Waals surface area contributed by atoms with Crippen LogP contribution in [-0.2, 0) is 13.1 Å². The number of aromatic nitrogens is 1. The van der Waals surface area contributed by atoms with Gasteiger partial charge in [0.05, 0.1) is 12.2 Å². The lowest BCUT2D eigenvalue weighted by atomic mass is 10.1. The van der Waals surface area contributed by atoms with Gasteiger partial charge in [-0.1, -0.05) is 24.3 Å². The van der Waals surface area contributed by atoms with Crippen LogP contribution in [0.4, 0.5) is 16.3 Å². The van der Waals surface area contributed by atoms with E-state index in [9.17, 15) is 4.79 Å². The van der Waals surface area contributed by atoms with Crippen molar-refractivity contribution in [2.24, 2.45) is 0 Å². The maximum atomic E-state index is 12.4. The Kier molecular flexibility index (Phi) is 3.48. The van der Waals surface area contributed by atoms with Gasteiger partial charge < -0.3 is 10.2 Å². The Hall–Kier alpha value is -2.56. The van der Waals surface area contributed by atoms with Crippen molar-refractivity contribution in [3.63, 3.8) is 0 Å². The van der Waals surface area contributed by atoms with Gasteiger partial charge in [-0.15, -0.1) is 0 Å². The zero-order valence-corrected chi connectivity index (χ0v) is 12.2. The van der Waals surface area contributed by atoms with E-state index in [1.54, 1.807) is 16.0 Å². The molecule has 2 heterocycles. The lowest BCUT2D eigenvalue weighted by Gasteiger charge is -2.35. The van der Waals surface area contributed by atoms with Crippen LogP contribution in [0.3, 0.4) is 0 Å². The van der Waals surface area contributed by atoms with Gasteiger partial charge in [-0.05, 0) is 23.3 Å². The maximum Gasteiger partial charge on any atom is 0.324 e. The van der Waals surface area contributed by atoms with Gasteiger partial charge in [-0.3, -0.25) is 4.90 Å². The first-order valence-corrected chi connectivity index (χ1v) is 6.92. The molecular formula is C16H18N4O. The standard InChI is InChI=1S/C16H18N4O/c1-17-15-8-7-12(9-18-15)10-20-14-6-4-3-5-13(14)11-19(2)16(20)21/h3-9H,10-11H2,1-2H3,(H,17,18). The van der Waals surface area contributed by atoms with E-state index in [4.69, 9.17) is 0 Å². The molecule has 0 saturated carbocycles. The van der Waals surface area contributed by atoms with E-state index in [2.05, 4.69) is 16.4 Å². The molecule has 0 aliphatic carbocycles. The van der Waals surface area contributed by atoms with Crippen LogP contribution in [0.15, 0.2) is 42.6 Å². The average Bonchev–Trinajstić information content (AvgIpc) is 2.52. The molecule has 2 amide bonds. The highest BCUT2D eigenvalue weighted by molar-refractivity contribution is 5.94. The summed E-state index contributed by atoms with van der Waals surface area (Å²) in [6.07, 6.45) is 1.80.